The van der Waals surface area contributed by atoms with Gasteiger partial charge in [-0.1, -0.05) is 6.32 Å². The van der Waals surface area contributed by atoms with Crippen molar-refractivity contribution in [1.29, 1.82) is 0 Å². The maximum absolute atomic E-state index is 5.43. The molecule has 0 unspecified atom stereocenters. The number of rotatable bonds is 1. The minimum absolute atomic E-state index is 0.382. The fraction of sp³-hybridized carbons (Fsp3) is 1.00. The van der Waals surface area contributed by atoms with Crippen molar-refractivity contribution in [3.8, 4) is 0 Å². The Morgan fingerprint density at radius 3 is 2.30 bits per heavy atom. The molecule has 0 aromatic rings. The Kier molecular flexibility index (Phi) is 2.37. The van der Waals surface area contributed by atoms with Crippen LogP contribution in [0, 0.1) is 5.92 Å². The van der Waals surface area contributed by atoms with E-state index < -0.39 is 5.79 Å². The Hall–Kier alpha value is -0.0151. The number of hydrogen-bond donors (Lipinski definition) is 0. The molecule has 0 amide bonds. The molecule has 1 aliphatic heterocycles. The second kappa shape index (κ2) is 2.93. The van der Waals surface area contributed by atoms with E-state index in [0.717, 1.165) is 13.2 Å². The molecule has 1 aliphatic rings. The van der Waals surface area contributed by atoms with Crippen molar-refractivity contribution in [3.63, 3.8) is 0 Å². The van der Waals surface area contributed by atoms with Crippen LogP contribution >= 0.6 is 0 Å². The molecule has 0 aromatic heterocycles. The third-order valence-corrected chi connectivity index (χ3v) is 1.67. The van der Waals surface area contributed by atoms with E-state index in [4.69, 9.17) is 17.3 Å². The van der Waals surface area contributed by atoms with Gasteiger partial charge in [-0.2, -0.15) is 0 Å². The quantitative estimate of drug-likeness (QED) is 0.505. The molecule has 0 saturated carbocycles. The largest absolute Gasteiger partial charge is 0.350 e. The van der Waals surface area contributed by atoms with Crippen molar-refractivity contribution in [2.24, 2.45) is 5.92 Å². The van der Waals surface area contributed by atoms with Crippen LogP contribution in [-0.4, -0.2) is 26.8 Å². The molecule has 2 radical (unpaired) electrons. The lowest BCUT2D eigenvalue weighted by atomic mass is 9.92. The maximum atomic E-state index is 5.43. The molecule has 0 atom stereocenters. The third-order valence-electron chi connectivity index (χ3n) is 1.67. The minimum Gasteiger partial charge on any atom is -0.350 e. The third kappa shape index (κ3) is 1.99. The van der Waals surface area contributed by atoms with Gasteiger partial charge in [-0.15, -0.1) is 0 Å². The first-order valence-electron chi connectivity index (χ1n) is 3.62. The van der Waals surface area contributed by atoms with Crippen molar-refractivity contribution >= 4 is 7.85 Å². The molecule has 1 fully saturated rings. The van der Waals surface area contributed by atoms with Gasteiger partial charge < -0.3 is 9.47 Å². The molecule has 2 nitrogen and oxygen atoms in total. The number of ether oxygens (including phenoxy) is 2. The zero-order valence-electron chi connectivity index (χ0n) is 6.59. The average molecular weight is 140 g/mol. The lowest BCUT2D eigenvalue weighted by Crippen LogP contribution is -2.39. The zero-order chi connectivity index (χ0) is 7.61. The predicted molar refractivity (Wildman–Crippen MR) is 40.0 cm³/mol. The van der Waals surface area contributed by atoms with E-state index in [0.29, 0.717) is 12.2 Å². The lowest BCUT2D eigenvalue weighted by Gasteiger charge is -2.34. The predicted octanol–water partition coefficient (Wildman–Crippen LogP) is 0.972. The summed E-state index contributed by atoms with van der Waals surface area (Å²) in [6.07, 6.45) is 0.649. The molecule has 0 bridgehead atoms. The van der Waals surface area contributed by atoms with Gasteiger partial charge in [-0.3, -0.25) is 0 Å². The Balaban J connectivity index is 2.31. The Morgan fingerprint density at radius 1 is 1.40 bits per heavy atom. The molecule has 1 saturated heterocycles. The Morgan fingerprint density at radius 2 is 1.90 bits per heavy atom. The summed E-state index contributed by atoms with van der Waals surface area (Å²) in [5.74, 6) is -0.0147. The first-order chi connectivity index (χ1) is 4.64. The maximum Gasteiger partial charge on any atom is 0.162 e. The van der Waals surface area contributed by atoms with Crippen LogP contribution in [0.5, 0.6) is 0 Å². The van der Waals surface area contributed by atoms with Crippen molar-refractivity contribution in [3.05, 3.63) is 0 Å². The molecule has 0 spiro atoms. The second-order valence-corrected chi connectivity index (χ2v) is 3.12. The van der Waals surface area contributed by atoms with Crippen LogP contribution in [0.1, 0.15) is 13.8 Å². The highest BCUT2D eigenvalue weighted by Crippen LogP contribution is 2.21. The van der Waals surface area contributed by atoms with E-state index in [9.17, 15) is 0 Å². The van der Waals surface area contributed by atoms with Crippen molar-refractivity contribution < 1.29 is 9.47 Å². The summed E-state index contributed by atoms with van der Waals surface area (Å²) in [4.78, 5) is 0. The van der Waals surface area contributed by atoms with Gasteiger partial charge >= 0.3 is 0 Å². The Bertz CT molecular complexity index is 104. The zero-order valence-corrected chi connectivity index (χ0v) is 6.59. The lowest BCUT2D eigenvalue weighted by molar-refractivity contribution is -0.259. The van der Waals surface area contributed by atoms with E-state index >= 15 is 0 Å². The standard InChI is InChI=1S/C7H13BO2/c1-7(2)9-4-6(3-8)5-10-7/h6H,3-5H2,1-2H3. The van der Waals surface area contributed by atoms with E-state index in [2.05, 4.69) is 0 Å². The van der Waals surface area contributed by atoms with Gasteiger partial charge in [-0.25, -0.2) is 0 Å². The van der Waals surface area contributed by atoms with Crippen LogP contribution in [0.2, 0.25) is 6.32 Å². The van der Waals surface area contributed by atoms with Gasteiger partial charge in [0, 0.05) is 0 Å². The number of hydrogen-bond acceptors (Lipinski definition) is 2. The summed E-state index contributed by atoms with van der Waals surface area (Å²) >= 11 is 0. The molecule has 0 aliphatic carbocycles. The van der Waals surface area contributed by atoms with Gasteiger partial charge in [0.25, 0.3) is 0 Å². The van der Waals surface area contributed by atoms with Gasteiger partial charge in [0.2, 0.25) is 0 Å². The molecular weight excluding hydrogens is 127 g/mol. The molecule has 1 rings (SSSR count). The minimum atomic E-state index is -0.397. The monoisotopic (exact) mass is 140 g/mol. The van der Waals surface area contributed by atoms with Crippen LogP contribution in [0.3, 0.4) is 0 Å². The SMILES string of the molecule is [B]CC1COC(C)(C)OC1. The van der Waals surface area contributed by atoms with Crippen LogP contribution in [0.15, 0.2) is 0 Å². The fourth-order valence-corrected chi connectivity index (χ4v) is 0.863. The van der Waals surface area contributed by atoms with Crippen LogP contribution in [-0.2, 0) is 9.47 Å². The Labute approximate surface area is 63.3 Å². The molecule has 10 heavy (non-hydrogen) atoms. The topological polar surface area (TPSA) is 18.5 Å². The van der Waals surface area contributed by atoms with E-state index in [1.807, 2.05) is 13.8 Å². The summed E-state index contributed by atoms with van der Waals surface area (Å²) < 4.78 is 10.7. The molecular formula is C7H13BO2. The summed E-state index contributed by atoms with van der Waals surface area (Å²) in [6.45, 7) is 5.28. The fourth-order valence-electron chi connectivity index (χ4n) is 0.863. The summed E-state index contributed by atoms with van der Waals surface area (Å²) in [7, 11) is 5.43. The summed E-state index contributed by atoms with van der Waals surface area (Å²) in [6, 6.07) is 0. The molecule has 0 aromatic carbocycles. The van der Waals surface area contributed by atoms with Gasteiger partial charge in [0.15, 0.2) is 5.79 Å². The van der Waals surface area contributed by atoms with Crippen molar-refractivity contribution in [2.45, 2.75) is 26.0 Å². The normalized spacial score (nSPS) is 26.6. The first kappa shape index (κ1) is 8.09. The van der Waals surface area contributed by atoms with Crippen molar-refractivity contribution in [2.75, 3.05) is 13.2 Å². The van der Waals surface area contributed by atoms with E-state index in [1.165, 1.54) is 0 Å². The van der Waals surface area contributed by atoms with Crippen LogP contribution < -0.4 is 0 Å². The van der Waals surface area contributed by atoms with E-state index in [1.54, 1.807) is 0 Å². The van der Waals surface area contributed by atoms with Gasteiger partial charge in [0.05, 0.1) is 21.1 Å². The van der Waals surface area contributed by atoms with Crippen LogP contribution in [0.4, 0.5) is 0 Å². The summed E-state index contributed by atoms with van der Waals surface area (Å²) in [5.41, 5.74) is 0. The van der Waals surface area contributed by atoms with Crippen molar-refractivity contribution in [1.82, 2.24) is 0 Å². The molecule has 56 valence electrons. The molecule has 1 heterocycles. The molecule has 3 heteroatoms. The van der Waals surface area contributed by atoms with Gasteiger partial charge in [0.1, 0.15) is 0 Å². The average Bonchev–Trinajstić information content (AvgIpc) is 1.88. The molecule has 0 N–H and O–H groups in total. The highest BCUT2D eigenvalue weighted by Gasteiger charge is 2.26. The van der Waals surface area contributed by atoms with Crippen LogP contribution in [0.25, 0.3) is 0 Å². The highest BCUT2D eigenvalue weighted by molar-refractivity contribution is 6.08. The highest BCUT2D eigenvalue weighted by atomic mass is 16.7. The van der Waals surface area contributed by atoms with E-state index in [-0.39, 0.29) is 0 Å². The first-order valence-corrected chi connectivity index (χ1v) is 3.62. The second-order valence-electron chi connectivity index (χ2n) is 3.12. The van der Waals surface area contributed by atoms with Gasteiger partial charge in [-0.05, 0) is 19.8 Å². The smallest absolute Gasteiger partial charge is 0.162 e. The summed E-state index contributed by atoms with van der Waals surface area (Å²) in [5, 5.41) is 0.